The summed E-state index contributed by atoms with van der Waals surface area (Å²) in [5.74, 6) is -0.613. The van der Waals surface area contributed by atoms with Crippen LogP contribution in [0.3, 0.4) is 0 Å². The minimum Gasteiger partial charge on any atom is -0.462 e. The van der Waals surface area contributed by atoms with Gasteiger partial charge in [-0.15, -0.1) is 11.3 Å². The Labute approximate surface area is 284 Å². The van der Waals surface area contributed by atoms with Crippen molar-refractivity contribution in [2.24, 2.45) is 0 Å². The molecule has 5 heterocycles. The zero-order chi connectivity index (χ0) is 33.9. The number of nitrogens with zero attached hydrogens (tertiary/aromatic N) is 6. The maximum atomic E-state index is 17.0. The summed E-state index contributed by atoms with van der Waals surface area (Å²) in [6.07, 6.45) is 3.66. The number of nitrogens with two attached hydrogens (primary N) is 2. The maximum absolute atomic E-state index is 17.0. The summed E-state index contributed by atoms with van der Waals surface area (Å²) >= 11 is 7.78. The van der Waals surface area contributed by atoms with Crippen molar-refractivity contribution in [2.75, 3.05) is 43.2 Å². The molecule has 14 heteroatoms. The first-order valence-corrected chi connectivity index (χ1v) is 16.8. The van der Waals surface area contributed by atoms with Gasteiger partial charge >= 0.3 is 6.01 Å². The number of nitrogen functional groups attached to an aromatic ring is 2. The molecule has 0 unspecified atom stereocenters. The summed E-state index contributed by atoms with van der Waals surface area (Å²) in [6, 6.07) is 10.0. The van der Waals surface area contributed by atoms with Gasteiger partial charge < -0.3 is 25.8 Å². The lowest BCUT2D eigenvalue weighted by molar-refractivity contribution is -0.0556. The standard InChI is InChI=1S/C34H33ClF2N8O2S/c1-16-13-45-18(14-46-16)6-7-19(45)15-47-34-42-29-22(33(43-34)44(3)17(2)20-5-4-10-41-31(20)39)11-24(35)27(28(29)37)21-8-9-25(36)30-26(21)23(12-38)32(40)48-30/h4-5,8-11,16-19H,6-7,13-15,40H2,1-3H3,(H2,39,41)/t16-,17-,18+,19+/m1/s1. The highest BCUT2D eigenvalue weighted by Crippen LogP contribution is 2.46. The van der Waals surface area contributed by atoms with E-state index in [-0.39, 0.29) is 66.5 Å². The molecule has 248 valence electrons. The predicted molar refractivity (Wildman–Crippen MR) is 184 cm³/mol. The normalized spacial score (nSPS) is 20.1. The van der Waals surface area contributed by atoms with Crippen LogP contribution >= 0.6 is 22.9 Å². The molecule has 4 N–H and O–H groups in total. The number of ether oxygens (including phenoxy) is 2. The summed E-state index contributed by atoms with van der Waals surface area (Å²) in [7, 11) is 1.82. The Hall–Kier alpha value is -4.35. The van der Waals surface area contributed by atoms with Crippen molar-refractivity contribution in [3.05, 3.63) is 64.3 Å². The third kappa shape index (κ3) is 5.42. The molecule has 0 spiro atoms. The van der Waals surface area contributed by atoms with Gasteiger partial charge in [0, 0.05) is 53.8 Å². The van der Waals surface area contributed by atoms with Gasteiger partial charge in [-0.2, -0.15) is 15.2 Å². The van der Waals surface area contributed by atoms with Crippen LogP contribution in [0.15, 0.2) is 36.5 Å². The van der Waals surface area contributed by atoms with Crippen molar-refractivity contribution in [1.29, 1.82) is 5.26 Å². The molecule has 0 aliphatic carbocycles. The second-order valence-electron chi connectivity index (χ2n) is 12.3. The lowest BCUT2D eigenvalue weighted by Crippen LogP contribution is -2.49. The van der Waals surface area contributed by atoms with Crippen molar-refractivity contribution in [3.8, 4) is 23.2 Å². The van der Waals surface area contributed by atoms with Gasteiger partial charge in [0.15, 0.2) is 5.82 Å². The predicted octanol–water partition coefficient (Wildman–Crippen LogP) is 6.70. The number of halogens is 3. The van der Waals surface area contributed by atoms with Crippen molar-refractivity contribution in [3.63, 3.8) is 0 Å². The third-order valence-electron chi connectivity index (χ3n) is 9.49. The number of hydrogen-bond acceptors (Lipinski definition) is 11. The van der Waals surface area contributed by atoms with Crippen LogP contribution in [0.25, 0.3) is 32.1 Å². The van der Waals surface area contributed by atoms with E-state index < -0.39 is 11.6 Å². The molecular weight excluding hydrogens is 658 g/mol. The second-order valence-corrected chi connectivity index (χ2v) is 13.8. The maximum Gasteiger partial charge on any atom is 0.319 e. The molecule has 2 aromatic carbocycles. The molecule has 0 bridgehead atoms. The summed E-state index contributed by atoms with van der Waals surface area (Å²) in [5.41, 5.74) is 13.3. The smallest absolute Gasteiger partial charge is 0.319 e. The Balaban J connectivity index is 1.37. The van der Waals surface area contributed by atoms with Gasteiger partial charge in [0.05, 0.1) is 34.0 Å². The van der Waals surface area contributed by atoms with Crippen LogP contribution in [0, 0.1) is 23.0 Å². The molecule has 2 aliphatic heterocycles. The van der Waals surface area contributed by atoms with Crippen molar-refractivity contribution in [1.82, 2.24) is 19.9 Å². The monoisotopic (exact) mass is 690 g/mol. The van der Waals surface area contributed by atoms with E-state index >= 15 is 4.39 Å². The number of rotatable bonds is 7. The number of nitriles is 1. The average molecular weight is 691 g/mol. The highest BCUT2D eigenvalue weighted by Gasteiger charge is 2.38. The van der Waals surface area contributed by atoms with E-state index in [0.29, 0.717) is 36.3 Å². The van der Waals surface area contributed by atoms with E-state index in [4.69, 9.17) is 37.5 Å². The molecule has 2 saturated heterocycles. The minimum absolute atomic E-state index is 0.00520. The SMILES string of the molecule is C[C@@H]1CN2[C@H](COc3nc(N(C)[C@H](C)c4cccnc4N)c4cc(Cl)c(-c5ccc(F)c6sc(N)c(C#N)c56)c(F)c4n3)CC[C@H]2CO1. The van der Waals surface area contributed by atoms with E-state index in [1.165, 1.54) is 12.1 Å². The highest BCUT2D eigenvalue weighted by molar-refractivity contribution is 7.23. The summed E-state index contributed by atoms with van der Waals surface area (Å²) in [4.78, 5) is 17.9. The molecule has 4 atom stereocenters. The molecule has 0 amide bonds. The van der Waals surface area contributed by atoms with E-state index in [2.05, 4.69) is 21.8 Å². The van der Waals surface area contributed by atoms with E-state index in [9.17, 15) is 9.65 Å². The average Bonchev–Trinajstić information content (AvgIpc) is 3.64. The van der Waals surface area contributed by atoms with Crippen LogP contribution in [-0.2, 0) is 4.74 Å². The third-order valence-corrected chi connectivity index (χ3v) is 10.8. The van der Waals surface area contributed by atoms with Crippen molar-refractivity contribution >= 4 is 60.6 Å². The number of thiophene rings is 1. The van der Waals surface area contributed by atoms with Gasteiger partial charge in [-0.3, -0.25) is 4.90 Å². The van der Waals surface area contributed by atoms with Gasteiger partial charge in [0.1, 0.15) is 40.6 Å². The summed E-state index contributed by atoms with van der Waals surface area (Å²) < 4.78 is 44.2. The largest absolute Gasteiger partial charge is 0.462 e. The molecular formula is C34H33ClF2N8O2S. The molecule has 0 radical (unpaired) electrons. The highest BCUT2D eigenvalue weighted by atomic mass is 35.5. The van der Waals surface area contributed by atoms with Gasteiger partial charge in [0.2, 0.25) is 0 Å². The van der Waals surface area contributed by atoms with Crippen LogP contribution in [0.2, 0.25) is 5.02 Å². The van der Waals surface area contributed by atoms with Crippen LogP contribution in [0.4, 0.5) is 25.4 Å². The van der Waals surface area contributed by atoms with Crippen LogP contribution in [0.5, 0.6) is 6.01 Å². The van der Waals surface area contributed by atoms with Crippen LogP contribution < -0.4 is 21.1 Å². The van der Waals surface area contributed by atoms with Crippen molar-refractivity contribution in [2.45, 2.75) is 50.9 Å². The topological polar surface area (TPSA) is 139 Å². The summed E-state index contributed by atoms with van der Waals surface area (Å²) in [5, 5.41) is 10.6. The molecule has 2 fully saturated rings. The zero-order valence-electron chi connectivity index (χ0n) is 26.5. The Kier molecular flexibility index (Phi) is 8.45. The number of benzene rings is 2. The molecule has 0 saturated carbocycles. The molecule has 10 nitrogen and oxygen atoms in total. The Morgan fingerprint density at radius 2 is 2.06 bits per heavy atom. The zero-order valence-corrected chi connectivity index (χ0v) is 28.1. The number of anilines is 3. The number of morpholine rings is 1. The van der Waals surface area contributed by atoms with E-state index in [1.807, 2.05) is 31.0 Å². The summed E-state index contributed by atoms with van der Waals surface area (Å²) in [6.45, 7) is 5.79. The minimum atomic E-state index is -0.766. The van der Waals surface area contributed by atoms with Crippen LogP contribution in [0.1, 0.15) is 43.9 Å². The first-order valence-electron chi connectivity index (χ1n) is 15.6. The molecule has 3 aromatic heterocycles. The Morgan fingerprint density at radius 1 is 1.25 bits per heavy atom. The quantitative estimate of drug-likeness (QED) is 0.190. The fourth-order valence-electron chi connectivity index (χ4n) is 6.89. The number of fused-ring (bicyclic) bond motifs is 3. The fraction of sp³-hybridized carbons (Fsp3) is 0.353. The molecule has 48 heavy (non-hydrogen) atoms. The second kappa shape index (κ2) is 12.6. The fourth-order valence-corrected chi connectivity index (χ4v) is 8.13. The number of pyridine rings is 1. The lowest BCUT2D eigenvalue weighted by Gasteiger charge is -2.37. The van der Waals surface area contributed by atoms with Crippen molar-refractivity contribution < 1.29 is 18.3 Å². The first kappa shape index (κ1) is 32.2. The molecule has 7 rings (SSSR count). The van der Waals surface area contributed by atoms with Gasteiger partial charge in [-0.1, -0.05) is 23.7 Å². The lowest BCUT2D eigenvalue weighted by atomic mass is 9.97. The Bertz CT molecular complexity index is 2110. The van der Waals surface area contributed by atoms with Gasteiger partial charge in [-0.25, -0.2) is 13.8 Å². The van der Waals surface area contributed by atoms with Crippen LogP contribution in [-0.4, -0.2) is 64.8 Å². The Morgan fingerprint density at radius 3 is 2.83 bits per heavy atom. The van der Waals surface area contributed by atoms with Gasteiger partial charge in [-0.05, 0) is 50.5 Å². The number of hydrogen-bond donors (Lipinski definition) is 2. The first-order chi connectivity index (χ1) is 23.1. The molecule has 2 aliphatic rings. The van der Waals surface area contributed by atoms with Gasteiger partial charge in [0.25, 0.3) is 0 Å². The number of aromatic nitrogens is 3. The van der Waals surface area contributed by atoms with E-state index in [0.717, 1.165) is 36.3 Å². The van der Waals surface area contributed by atoms with E-state index in [1.54, 1.807) is 18.3 Å². The molecule has 5 aromatic rings.